The summed E-state index contributed by atoms with van der Waals surface area (Å²) in [6, 6.07) is 25.5. The van der Waals surface area contributed by atoms with Crippen LogP contribution in [0.1, 0.15) is 80.4 Å². The summed E-state index contributed by atoms with van der Waals surface area (Å²) in [6.45, 7) is 7.68. The summed E-state index contributed by atoms with van der Waals surface area (Å²) in [6.07, 6.45) is 6.61. The molecule has 0 amide bonds. The highest BCUT2D eigenvalue weighted by Crippen LogP contribution is 2.42. The number of hydrogen-bond donors (Lipinski definition) is 3. The second-order valence-electron chi connectivity index (χ2n) is 27.9. The van der Waals surface area contributed by atoms with Gasteiger partial charge in [0.05, 0.1) is 96.7 Å². The van der Waals surface area contributed by atoms with Gasteiger partial charge in [0.1, 0.15) is 122 Å². The lowest BCUT2D eigenvalue weighted by molar-refractivity contribution is -0.153. The molecular formula is C82H60F9N25O6S2. The zero-order chi connectivity index (χ0) is 87.4. The monoisotopic (exact) mass is 1730 g/mol. The molecule has 31 nitrogen and oxygen atoms in total. The lowest BCUT2D eigenvalue weighted by Gasteiger charge is -2.18. The molecule has 18 aromatic rings. The van der Waals surface area contributed by atoms with Crippen molar-refractivity contribution in [2.75, 3.05) is 30.9 Å². The van der Waals surface area contributed by atoms with Gasteiger partial charge in [0.25, 0.3) is 21.9 Å². The van der Waals surface area contributed by atoms with E-state index >= 15 is 0 Å². The molecule has 0 saturated heterocycles. The Bertz CT molecular complexity index is 7510. The first-order valence-electron chi connectivity index (χ1n) is 37.1. The van der Waals surface area contributed by atoms with E-state index in [2.05, 4.69) is 61.0 Å². The Morgan fingerprint density at radius 3 is 1.25 bits per heavy atom. The molecule has 3 aromatic carbocycles. The Labute approximate surface area is 698 Å². The molecule has 3 atom stereocenters. The second kappa shape index (κ2) is 33.3. The molecule has 0 spiro atoms. The Balaban J connectivity index is 0.000000138. The summed E-state index contributed by atoms with van der Waals surface area (Å²) < 4.78 is 146. The molecule has 18 rings (SSSR count). The maximum Gasteiger partial charge on any atom is 0.422 e. The van der Waals surface area contributed by atoms with Crippen LogP contribution in [0.15, 0.2) is 186 Å². The van der Waals surface area contributed by atoms with Crippen LogP contribution in [-0.4, -0.2) is 128 Å². The fourth-order valence-corrected chi connectivity index (χ4v) is 15.5. The van der Waals surface area contributed by atoms with Crippen molar-refractivity contribution >= 4 is 90.2 Å². The van der Waals surface area contributed by atoms with Crippen molar-refractivity contribution in [3.8, 4) is 82.9 Å². The average molecular weight is 1730 g/mol. The SMILES string of the molecule is CC(C)Oc1ncc(-c2nn(C(C)c3nc4ccc(F)cn4c(=O)c3-c3cccc(F)c3)c3ncnc(N)c23)cc1C#N.CC(c1nc2ccc(F)cn2c(=O)c1-c1cccc(F)c1)n1nc(-c2cnc(OCC(F)(F)F)s2)c2c(N)ncnc21.COCc1ncc(-c2nn(C(C)c3nc4ccc(F)cn4c(=O)c3-c3cccc(F)c3)c3ncnc(N)c23)s1. The van der Waals surface area contributed by atoms with Gasteiger partial charge >= 0.3 is 6.18 Å². The first-order chi connectivity index (χ1) is 59.5. The highest BCUT2D eigenvalue weighted by molar-refractivity contribution is 7.17. The van der Waals surface area contributed by atoms with Crippen LogP contribution in [0.25, 0.3) is 116 Å². The number of rotatable bonds is 18. The normalized spacial score (nSPS) is 12.4. The van der Waals surface area contributed by atoms with E-state index in [1.165, 1.54) is 137 Å². The minimum absolute atomic E-state index is 0.00189. The van der Waals surface area contributed by atoms with Gasteiger partial charge in [-0.2, -0.15) is 33.7 Å². The van der Waals surface area contributed by atoms with Crippen LogP contribution < -0.4 is 43.4 Å². The van der Waals surface area contributed by atoms with Crippen molar-refractivity contribution in [2.45, 2.75) is 71.6 Å². The summed E-state index contributed by atoms with van der Waals surface area (Å²) in [7, 11) is 1.59. The lowest BCUT2D eigenvalue weighted by Crippen LogP contribution is -2.23. The van der Waals surface area contributed by atoms with Crippen molar-refractivity contribution in [3.05, 3.63) is 265 Å². The maximum absolute atomic E-state index is 14.3. The van der Waals surface area contributed by atoms with E-state index in [-0.39, 0.29) is 113 Å². The van der Waals surface area contributed by atoms with Crippen LogP contribution in [0.3, 0.4) is 0 Å². The van der Waals surface area contributed by atoms with E-state index in [0.29, 0.717) is 61.8 Å². The number of hydrogen-bond acceptors (Lipinski definition) is 27. The highest BCUT2D eigenvalue weighted by atomic mass is 32.1. The van der Waals surface area contributed by atoms with E-state index in [4.69, 9.17) is 51.6 Å². The van der Waals surface area contributed by atoms with Crippen molar-refractivity contribution in [1.29, 1.82) is 5.26 Å². The molecule has 0 aliphatic carbocycles. The fourth-order valence-electron chi connectivity index (χ4n) is 13.9. The van der Waals surface area contributed by atoms with E-state index in [0.717, 1.165) is 65.1 Å². The molecule has 3 unspecified atom stereocenters. The van der Waals surface area contributed by atoms with Gasteiger partial charge in [-0.3, -0.25) is 27.6 Å². The van der Waals surface area contributed by atoms with E-state index in [1.807, 2.05) is 13.8 Å². The molecule has 124 heavy (non-hydrogen) atoms. The van der Waals surface area contributed by atoms with Crippen molar-refractivity contribution < 1.29 is 53.7 Å². The number of fused-ring (bicyclic) bond motifs is 6. The number of methoxy groups -OCH3 is 1. The largest absolute Gasteiger partial charge is 0.474 e. The first kappa shape index (κ1) is 82.3. The van der Waals surface area contributed by atoms with Crippen molar-refractivity contribution in [3.63, 3.8) is 0 Å². The molecule has 15 aromatic heterocycles. The highest BCUT2D eigenvalue weighted by Gasteiger charge is 2.34. The number of nitrogens with two attached hydrogens (primary N) is 3. The second-order valence-corrected chi connectivity index (χ2v) is 30.0. The number of thiazole rings is 2. The number of ether oxygens (including phenoxy) is 3. The number of nitrogen functional groups attached to an aromatic ring is 3. The van der Waals surface area contributed by atoms with Crippen molar-refractivity contribution in [2.24, 2.45) is 0 Å². The molecule has 0 radical (unpaired) electrons. The third-order valence-electron chi connectivity index (χ3n) is 19.4. The molecular weight excluding hydrogens is 1670 g/mol. The van der Waals surface area contributed by atoms with Gasteiger partial charge in [-0.15, -0.1) is 11.3 Å². The first-order valence-corrected chi connectivity index (χ1v) is 38.7. The molecule has 0 aliphatic heterocycles. The topological polar surface area (TPSA) is 402 Å². The summed E-state index contributed by atoms with van der Waals surface area (Å²) in [5.41, 5.74) is 21.8. The van der Waals surface area contributed by atoms with Gasteiger partial charge in [0, 0.05) is 43.7 Å². The van der Waals surface area contributed by atoms with Crippen LogP contribution in [-0.2, 0) is 11.3 Å². The molecule has 0 aliphatic rings. The number of nitriles is 1. The quantitative estimate of drug-likeness (QED) is 0.0672. The smallest absolute Gasteiger partial charge is 0.422 e. The van der Waals surface area contributed by atoms with Gasteiger partial charge in [0.15, 0.2) is 23.5 Å². The van der Waals surface area contributed by atoms with Gasteiger partial charge in [-0.1, -0.05) is 47.7 Å². The van der Waals surface area contributed by atoms with Gasteiger partial charge in [-0.05, 0) is 130 Å². The standard InChI is InChI=1S/C30H23F2N9O2.C26H17F5N8O2S.C26H20F2N8O2S/c1-15(2)43-29-18(11-33)9-19(12-35-29)26-24-27(34)36-14-37-28(24)41(39-26)16(3)25-23(17-5-4-6-20(31)10-17)30(42)40-13-21(32)7-8-22(40)38-25;1-12(20-18(13-3-2-4-14(27)7-13)24(40)38-9-15(28)5-6-17(38)36-20)39-23-19(22(32)34-11-35-23)21(37-39)16-8-33-25(42-16)41-10-26(29,30)31;1-13(36-25-21(24(29)31-12-32-25)23(34-36)17-9-30-19(39-17)11-38-2)22-20(14-4-3-5-15(27)8-14)26(37)35-10-16(28)6-7-18(35)33-22/h4-10,12-16H,1-3H3,(H2,34,36,37);2-9,11-12H,10H2,1H3,(H2,32,34,35);3-10,12-13H,11H2,1-2H3,(H2,29,31,32). The van der Waals surface area contributed by atoms with Crippen molar-refractivity contribution in [1.82, 2.24) is 102 Å². The molecule has 0 bridgehead atoms. The zero-order valence-corrected chi connectivity index (χ0v) is 66.8. The summed E-state index contributed by atoms with van der Waals surface area (Å²) >= 11 is 2.20. The Morgan fingerprint density at radius 2 is 0.863 bits per heavy atom. The predicted octanol–water partition coefficient (Wildman–Crippen LogP) is 14.0. The number of alkyl halides is 3. The van der Waals surface area contributed by atoms with Gasteiger partial charge in [-0.25, -0.2) is 100 Å². The summed E-state index contributed by atoms with van der Waals surface area (Å²) in [4.78, 5) is 94.4. The van der Waals surface area contributed by atoms with Crippen LogP contribution in [0.2, 0.25) is 0 Å². The molecule has 15 heterocycles. The van der Waals surface area contributed by atoms with E-state index in [9.17, 15) is 59.2 Å². The predicted molar refractivity (Wildman–Crippen MR) is 439 cm³/mol. The number of benzene rings is 3. The molecule has 0 fully saturated rings. The van der Waals surface area contributed by atoms with Crippen LogP contribution >= 0.6 is 22.7 Å². The minimum Gasteiger partial charge on any atom is -0.474 e. The number of anilines is 3. The minimum atomic E-state index is -4.55. The maximum atomic E-state index is 14.3. The summed E-state index contributed by atoms with van der Waals surface area (Å²) in [5, 5.41) is 25.7. The van der Waals surface area contributed by atoms with E-state index < -0.39 is 82.5 Å². The zero-order valence-electron chi connectivity index (χ0n) is 65.1. The molecule has 42 heteroatoms. The third kappa shape index (κ3) is 15.9. The third-order valence-corrected chi connectivity index (χ3v) is 21.2. The Morgan fingerprint density at radius 1 is 0.468 bits per heavy atom. The average Bonchev–Trinajstić information content (AvgIpc) is 1.55. The fraction of sp³-hybridized carbons (Fsp3) is 0.159. The number of pyridine rings is 4. The molecule has 624 valence electrons. The number of halogens is 9. The van der Waals surface area contributed by atoms with Crippen LogP contribution in [0.5, 0.6) is 11.1 Å². The Hall–Kier alpha value is -15.4. The van der Waals surface area contributed by atoms with Gasteiger partial charge < -0.3 is 31.4 Å². The van der Waals surface area contributed by atoms with Gasteiger partial charge in [0.2, 0.25) is 5.88 Å². The summed E-state index contributed by atoms with van der Waals surface area (Å²) in [5.74, 6) is -3.03. The Kier molecular flexibility index (Phi) is 22.1. The molecule has 0 saturated carbocycles. The van der Waals surface area contributed by atoms with Crippen LogP contribution in [0.4, 0.5) is 57.0 Å². The number of aromatic nitrogens is 21. The van der Waals surface area contributed by atoms with E-state index in [1.54, 1.807) is 57.0 Å². The molecule has 6 N–H and O–H groups in total. The van der Waals surface area contributed by atoms with Crippen LogP contribution in [0, 0.1) is 46.2 Å². The number of nitrogens with zero attached hydrogens (tertiary/aromatic N) is 22. The lowest BCUT2D eigenvalue weighted by atomic mass is 10.0.